The van der Waals surface area contributed by atoms with E-state index in [1.807, 2.05) is 27.7 Å². The molecule has 2 aromatic rings. The molecule has 160 valence electrons. The van der Waals surface area contributed by atoms with Gasteiger partial charge in [-0.1, -0.05) is 12.1 Å². The van der Waals surface area contributed by atoms with Gasteiger partial charge in [-0.05, 0) is 64.1 Å². The summed E-state index contributed by atoms with van der Waals surface area (Å²) in [7, 11) is 0. The lowest BCUT2D eigenvalue weighted by Gasteiger charge is -2.18. The number of hydrogen-bond donors (Lipinski definition) is 3. The third kappa shape index (κ3) is 6.34. The van der Waals surface area contributed by atoms with E-state index in [1.165, 1.54) is 0 Å². The molecule has 0 bridgehead atoms. The minimum Gasteiger partial charge on any atom is -0.376 e. The van der Waals surface area contributed by atoms with Crippen LogP contribution in [-0.4, -0.2) is 48.3 Å². The zero-order valence-corrected chi connectivity index (χ0v) is 18.0. The Morgan fingerprint density at radius 1 is 0.933 bits per heavy atom. The van der Waals surface area contributed by atoms with Crippen LogP contribution in [0.15, 0.2) is 48.5 Å². The van der Waals surface area contributed by atoms with Crippen molar-refractivity contribution in [1.29, 1.82) is 0 Å². The van der Waals surface area contributed by atoms with E-state index in [0.717, 1.165) is 0 Å². The van der Waals surface area contributed by atoms with Gasteiger partial charge in [0, 0.05) is 36.1 Å². The molecule has 0 radical (unpaired) electrons. The molecule has 7 nitrogen and oxygen atoms in total. The predicted octanol–water partition coefficient (Wildman–Crippen LogP) is 3.36. The molecule has 7 heteroatoms. The minimum atomic E-state index is -0.253. The van der Waals surface area contributed by atoms with E-state index in [1.54, 1.807) is 53.4 Å². The molecular formula is C23H30N4O3. The summed E-state index contributed by atoms with van der Waals surface area (Å²) in [6.45, 7) is 8.96. The summed E-state index contributed by atoms with van der Waals surface area (Å²) in [6.07, 6.45) is 0. The normalized spacial score (nSPS) is 10.4. The number of amides is 3. The first-order chi connectivity index (χ1) is 14.3. The van der Waals surface area contributed by atoms with Gasteiger partial charge in [0.25, 0.3) is 11.8 Å². The summed E-state index contributed by atoms with van der Waals surface area (Å²) in [5, 5.41) is 8.65. The maximum Gasteiger partial charge on any atom is 0.253 e. The molecule has 0 aromatic heterocycles. The second-order valence-corrected chi connectivity index (χ2v) is 7.13. The van der Waals surface area contributed by atoms with Gasteiger partial charge < -0.3 is 20.9 Å². The van der Waals surface area contributed by atoms with Crippen LogP contribution in [0, 0.1) is 0 Å². The van der Waals surface area contributed by atoms with Crippen molar-refractivity contribution >= 4 is 29.1 Å². The van der Waals surface area contributed by atoms with E-state index < -0.39 is 0 Å². The maximum atomic E-state index is 12.3. The Balaban J connectivity index is 1.96. The summed E-state index contributed by atoms with van der Waals surface area (Å²) >= 11 is 0. The molecule has 0 aliphatic carbocycles. The Bertz CT molecular complexity index is 874. The molecule has 0 aliphatic heterocycles. The summed E-state index contributed by atoms with van der Waals surface area (Å²) in [4.78, 5) is 38.7. The first-order valence-electron chi connectivity index (χ1n) is 10.2. The lowest BCUT2D eigenvalue weighted by atomic mass is 10.1. The van der Waals surface area contributed by atoms with E-state index in [2.05, 4.69) is 16.0 Å². The van der Waals surface area contributed by atoms with E-state index in [9.17, 15) is 14.4 Å². The van der Waals surface area contributed by atoms with E-state index in [-0.39, 0.29) is 30.3 Å². The molecule has 0 atom stereocenters. The number of hydrogen-bond acceptors (Lipinski definition) is 4. The van der Waals surface area contributed by atoms with Crippen molar-refractivity contribution in [2.24, 2.45) is 0 Å². The van der Waals surface area contributed by atoms with Crippen LogP contribution in [0.5, 0.6) is 0 Å². The van der Waals surface area contributed by atoms with Gasteiger partial charge in [0.05, 0.1) is 12.1 Å². The van der Waals surface area contributed by atoms with Gasteiger partial charge >= 0.3 is 0 Å². The average Bonchev–Trinajstić information content (AvgIpc) is 2.73. The van der Waals surface area contributed by atoms with E-state index in [4.69, 9.17) is 0 Å². The largest absolute Gasteiger partial charge is 0.376 e. The van der Waals surface area contributed by atoms with Crippen molar-refractivity contribution in [3.05, 3.63) is 59.7 Å². The molecule has 0 heterocycles. The lowest BCUT2D eigenvalue weighted by molar-refractivity contribution is -0.114. The van der Waals surface area contributed by atoms with E-state index >= 15 is 0 Å². The Labute approximate surface area is 177 Å². The monoisotopic (exact) mass is 410 g/mol. The molecule has 3 N–H and O–H groups in total. The molecular weight excluding hydrogens is 380 g/mol. The quantitative estimate of drug-likeness (QED) is 0.591. The molecule has 2 rings (SSSR count). The fourth-order valence-electron chi connectivity index (χ4n) is 2.95. The molecule has 0 unspecified atom stereocenters. The van der Waals surface area contributed by atoms with Crippen molar-refractivity contribution in [3.8, 4) is 0 Å². The fraction of sp³-hybridized carbons (Fsp3) is 0.348. The van der Waals surface area contributed by atoms with Gasteiger partial charge in [-0.3, -0.25) is 14.4 Å². The van der Waals surface area contributed by atoms with E-state index in [0.29, 0.717) is 35.6 Å². The molecule has 0 aliphatic rings. The highest BCUT2D eigenvalue weighted by atomic mass is 16.2. The van der Waals surface area contributed by atoms with Gasteiger partial charge in [0.2, 0.25) is 5.91 Å². The topological polar surface area (TPSA) is 90.5 Å². The first-order valence-corrected chi connectivity index (χ1v) is 10.2. The number of benzene rings is 2. The molecule has 0 spiro atoms. The third-order valence-electron chi connectivity index (χ3n) is 4.50. The highest BCUT2D eigenvalue weighted by Gasteiger charge is 2.14. The number of anilines is 2. The van der Waals surface area contributed by atoms with Crippen LogP contribution in [0.4, 0.5) is 11.4 Å². The molecule has 0 saturated carbocycles. The van der Waals surface area contributed by atoms with Gasteiger partial charge in [0.15, 0.2) is 0 Å². The zero-order chi connectivity index (χ0) is 22.1. The highest BCUT2D eigenvalue weighted by Crippen LogP contribution is 2.16. The van der Waals surface area contributed by atoms with Crippen molar-refractivity contribution in [2.45, 2.75) is 33.7 Å². The maximum absolute atomic E-state index is 12.3. The minimum absolute atomic E-state index is 0.00605. The Morgan fingerprint density at radius 3 is 2.17 bits per heavy atom. The Hall–Kier alpha value is -3.35. The molecule has 0 fully saturated rings. The average molecular weight is 411 g/mol. The number of nitrogens with one attached hydrogen (secondary N) is 3. The smallest absolute Gasteiger partial charge is 0.253 e. The van der Waals surface area contributed by atoms with Gasteiger partial charge in [-0.25, -0.2) is 0 Å². The summed E-state index contributed by atoms with van der Waals surface area (Å²) in [5.74, 6) is -0.477. The number of para-hydroxylation sites is 1. The lowest BCUT2D eigenvalue weighted by Crippen LogP contribution is -2.31. The van der Waals surface area contributed by atoms with Crippen molar-refractivity contribution in [1.82, 2.24) is 10.2 Å². The fourth-order valence-corrected chi connectivity index (χ4v) is 2.95. The SMILES string of the molecule is CCN(CC)C(=O)c1ccc(NC(=O)CNc2ccccc2C(=O)NC(C)C)cc1. The number of nitrogens with zero attached hydrogens (tertiary/aromatic N) is 1. The van der Waals surface area contributed by atoms with Crippen LogP contribution in [0.2, 0.25) is 0 Å². The van der Waals surface area contributed by atoms with Gasteiger partial charge in [-0.2, -0.15) is 0 Å². The number of carbonyl (C=O) groups excluding carboxylic acids is 3. The van der Waals surface area contributed by atoms with Crippen LogP contribution in [0.3, 0.4) is 0 Å². The summed E-state index contributed by atoms with van der Waals surface area (Å²) in [6, 6.07) is 13.9. The third-order valence-corrected chi connectivity index (χ3v) is 4.50. The van der Waals surface area contributed by atoms with Crippen LogP contribution < -0.4 is 16.0 Å². The van der Waals surface area contributed by atoms with Gasteiger partial charge in [0.1, 0.15) is 0 Å². The van der Waals surface area contributed by atoms with Crippen molar-refractivity contribution in [3.63, 3.8) is 0 Å². The van der Waals surface area contributed by atoms with Crippen molar-refractivity contribution in [2.75, 3.05) is 30.3 Å². The van der Waals surface area contributed by atoms with Crippen LogP contribution >= 0.6 is 0 Å². The molecule has 3 amide bonds. The second kappa shape index (κ2) is 11.0. The van der Waals surface area contributed by atoms with Crippen LogP contribution in [0.25, 0.3) is 0 Å². The zero-order valence-electron chi connectivity index (χ0n) is 18.0. The van der Waals surface area contributed by atoms with Gasteiger partial charge in [-0.15, -0.1) is 0 Å². The predicted molar refractivity (Wildman–Crippen MR) is 120 cm³/mol. The molecule has 0 saturated heterocycles. The Kier molecular flexibility index (Phi) is 8.41. The first kappa shape index (κ1) is 22.9. The molecule has 30 heavy (non-hydrogen) atoms. The standard InChI is InChI=1S/C23H30N4O3/c1-5-27(6-2)23(30)17-11-13-18(14-12-17)26-21(28)15-24-20-10-8-7-9-19(20)22(29)25-16(3)4/h7-14,16,24H,5-6,15H2,1-4H3,(H,25,29)(H,26,28). The number of carbonyl (C=O) groups is 3. The summed E-state index contributed by atoms with van der Waals surface area (Å²) < 4.78 is 0. The molecule has 2 aromatic carbocycles. The Morgan fingerprint density at radius 2 is 1.57 bits per heavy atom. The van der Waals surface area contributed by atoms with Crippen LogP contribution in [0.1, 0.15) is 48.4 Å². The van der Waals surface area contributed by atoms with Crippen molar-refractivity contribution < 1.29 is 14.4 Å². The van der Waals surface area contributed by atoms with Crippen LogP contribution in [-0.2, 0) is 4.79 Å². The number of rotatable bonds is 9. The highest BCUT2D eigenvalue weighted by molar-refractivity contribution is 6.01. The summed E-state index contributed by atoms with van der Waals surface area (Å²) in [5.41, 5.74) is 2.26. The second-order valence-electron chi connectivity index (χ2n) is 7.13.